The zero-order valence-electron chi connectivity index (χ0n) is 45.1. The molecule has 0 spiro atoms. The van der Waals surface area contributed by atoms with Gasteiger partial charge in [-0.15, -0.1) is 0 Å². The highest BCUT2D eigenvalue weighted by Crippen LogP contribution is 2.24. The molecule has 0 aromatic carbocycles. The summed E-state index contributed by atoms with van der Waals surface area (Å²) >= 11 is 0. The minimum Gasteiger partial charge on any atom is -0.394 e. The lowest BCUT2D eigenvalue weighted by Gasteiger charge is -2.40. The SMILES string of the molecule is CCCCCCCCCCCCCCCCCCCCCCCCCCCCCCCCCCCCCCCCC(O)C(=O)NC(COC1OC(CO)C(O)C(O)C1O)C(O)C(O)CCCCCC. The van der Waals surface area contributed by atoms with E-state index in [4.69, 9.17) is 9.47 Å². The van der Waals surface area contributed by atoms with Crippen molar-refractivity contribution in [2.75, 3.05) is 13.2 Å². The topological polar surface area (TPSA) is 189 Å². The van der Waals surface area contributed by atoms with Gasteiger partial charge in [0.15, 0.2) is 6.29 Å². The van der Waals surface area contributed by atoms with Crippen molar-refractivity contribution in [3.8, 4) is 0 Å². The van der Waals surface area contributed by atoms with E-state index in [2.05, 4.69) is 19.2 Å². The number of rotatable bonds is 52. The first-order valence-electron chi connectivity index (χ1n) is 29.9. The molecule has 69 heavy (non-hydrogen) atoms. The molecule has 1 amide bonds. The van der Waals surface area contributed by atoms with Gasteiger partial charge in [0.05, 0.1) is 25.4 Å². The second-order valence-corrected chi connectivity index (χ2v) is 21.4. The van der Waals surface area contributed by atoms with Crippen molar-refractivity contribution in [1.29, 1.82) is 0 Å². The van der Waals surface area contributed by atoms with Crippen LogP contribution >= 0.6 is 0 Å². The number of aliphatic hydroxyl groups is 7. The van der Waals surface area contributed by atoms with Crippen LogP contribution in [0.15, 0.2) is 0 Å². The van der Waals surface area contributed by atoms with Crippen molar-refractivity contribution >= 4 is 5.91 Å². The van der Waals surface area contributed by atoms with Gasteiger partial charge in [-0.2, -0.15) is 0 Å². The summed E-state index contributed by atoms with van der Waals surface area (Å²) in [4.78, 5) is 13.0. The Morgan fingerprint density at radius 3 is 1.09 bits per heavy atom. The fourth-order valence-corrected chi connectivity index (χ4v) is 10.0. The van der Waals surface area contributed by atoms with E-state index in [9.17, 15) is 40.5 Å². The summed E-state index contributed by atoms with van der Waals surface area (Å²) in [6.45, 7) is 3.32. The summed E-state index contributed by atoms with van der Waals surface area (Å²) in [5.74, 6) is -0.698. The highest BCUT2D eigenvalue weighted by Gasteiger charge is 2.44. The summed E-state index contributed by atoms with van der Waals surface area (Å²) in [6.07, 6.45) is 44.6. The number of nitrogens with one attached hydrogen (secondary N) is 1. The largest absolute Gasteiger partial charge is 0.394 e. The van der Waals surface area contributed by atoms with Crippen molar-refractivity contribution in [1.82, 2.24) is 5.32 Å². The molecule has 11 heteroatoms. The van der Waals surface area contributed by atoms with E-state index in [1.54, 1.807) is 0 Å². The van der Waals surface area contributed by atoms with Gasteiger partial charge in [-0.05, 0) is 12.8 Å². The Labute approximate surface area is 424 Å². The summed E-state index contributed by atoms with van der Waals surface area (Å²) in [5.41, 5.74) is 0. The lowest BCUT2D eigenvalue weighted by molar-refractivity contribution is -0.303. The summed E-state index contributed by atoms with van der Waals surface area (Å²) < 4.78 is 11.0. The van der Waals surface area contributed by atoms with Crippen LogP contribution in [0, 0.1) is 0 Å². The Morgan fingerprint density at radius 2 is 0.754 bits per heavy atom. The molecule has 9 atom stereocenters. The normalized spacial score (nSPS) is 20.3. The number of unbranched alkanes of at least 4 members (excludes halogenated alkanes) is 40. The Hall–Kier alpha value is -0.890. The van der Waals surface area contributed by atoms with E-state index in [-0.39, 0.29) is 6.42 Å². The smallest absolute Gasteiger partial charge is 0.249 e. The molecule has 1 saturated heterocycles. The quantitative estimate of drug-likeness (QED) is 0.0272. The van der Waals surface area contributed by atoms with Gasteiger partial charge >= 0.3 is 0 Å². The maximum Gasteiger partial charge on any atom is 0.249 e. The van der Waals surface area contributed by atoms with E-state index in [0.717, 1.165) is 38.5 Å². The number of hydrogen-bond donors (Lipinski definition) is 8. The number of amides is 1. The van der Waals surface area contributed by atoms with Gasteiger partial charge in [0.2, 0.25) is 5.91 Å². The first-order chi connectivity index (χ1) is 33.7. The molecule has 0 aliphatic carbocycles. The number of aliphatic hydroxyl groups excluding tert-OH is 7. The maximum atomic E-state index is 13.0. The van der Waals surface area contributed by atoms with Crippen LogP contribution in [0.3, 0.4) is 0 Å². The zero-order chi connectivity index (χ0) is 50.4. The Bertz CT molecular complexity index is 1090. The molecule has 8 N–H and O–H groups in total. The fourth-order valence-electron chi connectivity index (χ4n) is 10.0. The average Bonchev–Trinajstić information content (AvgIpc) is 3.35. The molecular formula is C58H115NO10. The molecule has 0 aromatic heterocycles. The van der Waals surface area contributed by atoms with E-state index >= 15 is 0 Å². The average molecular weight is 987 g/mol. The third kappa shape index (κ3) is 36.6. The van der Waals surface area contributed by atoms with Crippen LogP contribution in [0.2, 0.25) is 0 Å². The molecule has 1 fully saturated rings. The van der Waals surface area contributed by atoms with Crippen LogP contribution in [0.1, 0.15) is 296 Å². The number of carbonyl (C=O) groups excluding carboxylic acids is 1. The highest BCUT2D eigenvalue weighted by molar-refractivity contribution is 5.80. The molecule has 0 radical (unpaired) electrons. The zero-order valence-corrected chi connectivity index (χ0v) is 45.1. The lowest BCUT2D eigenvalue weighted by atomic mass is 9.98. The second kappa shape index (κ2) is 48.1. The van der Waals surface area contributed by atoms with Gasteiger partial charge in [0.25, 0.3) is 0 Å². The molecular weight excluding hydrogens is 871 g/mol. The number of ether oxygens (including phenoxy) is 2. The molecule has 1 rings (SSSR count). The van der Waals surface area contributed by atoms with Crippen molar-refractivity contribution in [3.05, 3.63) is 0 Å². The standard InChI is InChI=1S/C58H115NO10/c1-3-5-7-9-10-11-12-13-14-15-16-17-18-19-20-21-22-23-24-25-26-27-28-29-30-31-32-33-34-35-36-37-38-39-40-41-42-44-46-51(62)57(67)59-49(53(63)50(61)45-43-8-6-4-2)48-68-58-56(66)55(65)54(64)52(47-60)69-58/h49-56,58,60-66H,3-48H2,1-2H3,(H,59,67). The monoisotopic (exact) mass is 986 g/mol. The molecule has 0 bridgehead atoms. The van der Waals surface area contributed by atoms with E-state index in [1.807, 2.05) is 0 Å². The van der Waals surface area contributed by atoms with E-state index < -0.39 is 74.2 Å². The number of hydrogen-bond acceptors (Lipinski definition) is 10. The van der Waals surface area contributed by atoms with Crippen molar-refractivity contribution in [3.63, 3.8) is 0 Å². The second-order valence-electron chi connectivity index (χ2n) is 21.4. The first kappa shape index (κ1) is 66.1. The predicted molar refractivity (Wildman–Crippen MR) is 284 cm³/mol. The minimum atomic E-state index is -1.65. The van der Waals surface area contributed by atoms with Crippen LogP contribution < -0.4 is 5.32 Å². The van der Waals surface area contributed by atoms with Crippen LogP contribution in [-0.2, 0) is 14.3 Å². The van der Waals surface area contributed by atoms with Crippen LogP contribution in [0.4, 0.5) is 0 Å². The van der Waals surface area contributed by atoms with Gasteiger partial charge in [0, 0.05) is 0 Å². The van der Waals surface area contributed by atoms with Gasteiger partial charge in [-0.3, -0.25) is 4.79 Å². The molecule has 412 valence electrons. The molecule has 9 unspecified atom stereocenters. The van der Waals surface area contributed by atoms with Crippen LogP contribution in [0.25, 0.3) is 0 Å². The van der Waals surface area contributed by atoms with Gasteiger partial charge in [-0.25, -0.2) is 0 Å². The van der Waals surface area contributed by atoms with Crippen molar-refractivity contribution in [2.45, 2.75) is 351 Å². The minimum absolute atomic E-state index is 0.265. The highest BCUT2D eigenvalue weighted by atomic mass is 16.7. The van der Waals surface area contributed by atoms with Gasteiger partial charge < -0.3 is 50.5 Å². The summed E-state index contributed by atoms with van der Waals surface area (Å²) in [6, 6.07) is -1.16. The van der Waals surface area contributed by atoms with Crippen LogP contribution in [-0.4, -0.2) is 110 Å². The van der Waals surface area contributed by atoms with E-state index in [1.165, 1.54) is 218 Å². The fraction of sp³-hybridized carbons (Fsp3) is 0.983. The Balaban J connectivity index is 1.96. The maximum absolute atomic E-state index is 13.0. The predicted octanol–water partition coefficient (Wildman–Crippen LogP) is 12.6. The Morgan fingerprint density at radius 1 is 0.449 bits per heavy atom. The molecule has 0 aromatic rings. The third-order valence-corrected chi connectivity index (χ3v) is 14.9. The molecule has 0 saturated carbocycles. The van der Waals surface area contributed by atoms with Crippen molar-refractivity contribution < 1.29 is 50.0 Å². The Kier molecular flexibility index (Phi) is 46.1. The van der Waals surface area contributed by atoms with Gasteiger partial charge in [0.1, 0.15) is 36.6 Å². The molecule has 11 nitrogen and oxygen atoms in total. The number of carbonyl (C=O) groups is 1. The van der Waals surface area contributed by atoms with Crippen LogP contribution in [0.5, 0.6) is 0 Å². The third-order valence-electron chi connectivity index (χ3n) is 14.9. The van der Waals surface area contributed by atoms with Gasteiger partial charge in [-0.1, -0.05) is 284 Å². The van der Waals surface area contributed by atoms with Crippen molar-refractivity contribution in [2.24, 2.45) is 0 Å². The summed E-state index contributed by atoms with van der Waals surface area (Å²) in [5, 5.41) is 75.1. The summed E-state index contributed by atoms with van der Waals surface area (Å²) in [7, 11) is 0. The van der Waals surface area contributed by atoms with E-state index in [0.29, 0.717) is 19.3 Å². The lowest BCUT2D eigenvalue weighted by Crippen LogP contribution is -2.60. The first-order valence-corrected chi connectivity index (χ1v) is 29.9. The molecule has 1 heterocycles. The molecule has 1 aliphatic heterocycles. The molecule has 1 aliphatic rings.